The fourth-order valence-electron chi connectivity index (χ4n) is 1.76. The van der Waals surface area contributed by atoms with E-state index in [4.69, 9.17) is 21.6 Å². The van der Waals surface area contributed by atoms with Crippen LogP contribution in [0.3, 0.4) is 0 Å². The maximum Gasteiger partial charge on any atom is 0.237 e. The molecule has 1 heterocycles. The number of ether oxygens (including phenoxy) is 1. The highest BCUT2D eigenvalue weighted by Crippen LogP contribution is 2.26. The molecule has 4 nitrogen and oxygen atoms in total. The van der Waals surface area contributed by atoms with Crippen molar-refractivity contribution in [1.29, 1.82) is 5.26 Å². The molecule has 0 saturated heterocycles. The number of benzene rings is 1. The zero-order valence-electron chi connectivity index (χ0n) is 9.15. The lowest BCUT2D eigenvalue weighted by atomic mass is 10.2. The van der Waals surface area contributed by atoms with Crippen LogP contribution < -0.4 is 4.74 Å². The van der Waals surface area contributed by atoms with E-state index in [1.807, 2.05) is 6.07 Å². The number of amides is 1. The van der Waals surface area contributed by atoms with Gasteiger partial charge in [0.1, 0.15) is 18.8 Å². The number of fused-ring (bicyclic) bond motifs is 1. The third kappa shape index (κ3) is 2.69. The third-order valence-electron chi connectivity index (χ3n) is 2.59. The highest BCUT2D eigenvalue weighted by molar-refractivity contribution is 6.30. The number of rotatable bonds is 1. The molecule has 1 aromatic carbocycles. The molecule has 0 N–H and O–H groups in total. The van der Waals surface area contributed by atoms with Crippen LogP contribution >= 0.6 is 11.6 Å². The zero-order chi connectivity index (χ0) is 12.3. The summed E-state index contributed by atoms with van der Waals surface area (Å²) >= 11 is 5.91. The van der Waals surface area contributed by atoms with Gasteiger partial charge in [0.25, 0.3) is 0 Å². The van der Waals surface area contributed by atoms with Gasteiger partial charge in [-0.05, 0) is 18.2 Å². The third-order valence-corrected chi connectivity index (χ3v) is 2.82. The summed E-state index contributed by atoms with van der Waals surface area (Å²) in [6.07, 6.45) is -0.101. The molecular weight excluding hydrogens is 240 g/mol. The van der Waals surface area contributed by atoms with Gasteiger partial charge in [0.2, 0.25) is 5.91 Å². The van der Waals surface area contributed by atoms with Crippen LogP contribution in [0.5, 0.6) is 5.75 Å². The van der Waals surface area contributed by atoms with Crippen LogP contribution in [0.15, 0.2) is 18.2 Å². The Kier molecular flexibility index (Phi) is 3.50. The number of nitrogens with zero attached hydrogens (tertiary/aromatic N) is 2. The lowest BCUT2D eigenvalue weighted by Crippen LogP contribution is -2.31. The van der Waals surface area contributed by atoms with Crippen molar-refractivity contribution in [3.05, 3.63) is 28.8 Å². The normalized spacial score (nSPS) is 14.2. The van der Waals surface area contributed by atoms with Crippen molar-refractivity contribution < 1.29 is 9.53 Å². The summed E-state index contributed by atoms with van der Waals surface area (Å²) in [5, 5.41) is 9.14. The molecule has 0 atom stereocenters. The number of hydrogen-bond acceptors (Lipinski definition) is 3. The molecule has 0 saturated carbocycles. The maximum atomic E-state index is 11.7. The minimum absolute atomic E-state index is 0.101. The first kappa shape index (κ1) is 11.7. The summed E-state index contributed by atoms with van der Waals surface area (Å²) < 4.78 is 5.53. The van der Waals surface area contributed by atoms with E-state index in [1.54, 1.807) is 23.1 Å². The van der Waals surface area contributed by atoms with Crippen molar-refractivity contribution in [1.82, 2.24) is 4.90 Å². The van der Waals surface area contributed by atoms with E-state index in [1.165, 1.54) is 0 Å². The SMILES string of the molecule is N#CCC(=O)N1CCOc2ccc(Cl)cc2C1. The van der Waals surface area contributed by atoms with Gasteiger partial charge in [-0.1, -0.05) is 11.6 Å². The Morgan fingerprint density at radius 2 is 2.41 bits per heavy atom. The van der Waals surface area contributed by atoms with E-state index in [2.05, 4.69) is 0 Å². The number of carbonyl (C=O) groups excluding carboxylic acids is 1. The molecule has 5 heteroatoms. The van der Waals surface area contributed by atoms with E-state index in [9.17, 15) is 4.79 Å². The number of halogens is 1. The molecule has 88 valence electrons. The molecule has 0 radical (unpaired) electrons. The molecule has 17 heavy (non-hydrogen) atoms. The van der Waals surface area contributed by atoms with Gasteiger partial charge >= 0.3 is 0 Å². The monoisotopic (exact) mass is 250 g/mol. The molecular formula is C12H11ClN2O2. The summed E-state index contributed by atoms with van der Waals surface area (Å²) in [4.78, 5) is 13.3. The van der Waals surface area contributed by atoms with E-state index in [0.717, 1.165) is 11.3 Å². The highest BCUT2D eigenvalue weighted by atomic mass is 35.5. The topological polar surface area (TPSA) is 53.3 Å². The average Bonchev–Trinajstić information content (AvgIpc) is 2.50. The quantitative estimate of drug-likeness (QED) is 0.766. The highest BCUT2D eigenvalue weighted by Gasteiger charge is 2.19. The lowest BCUT2D eigenvalue weighted by molar-refractivity contribution is -0.130. The number of nitriles is 1. The molecule has 1 aromatic rings. The molecule has 0 fully saturated rings. The van der Waals surface area contributed by atoms with Gasteiger partial charge in [-0.15, -0.1) is 0 Å². The molecule has 1 amide bonds. The zero-order valence-corrected chi connectivity index (χ0v) is 9.91. The summed E-state index contributed by atoms with van der Waals surface area (Å²) in [5.41, 5.74) is 0.876. The molecule has 1 aliphatic heterocycles. The fraction of sp³-hybridized carbons (Fsp3) is 0.333. The first-order chi connectivity index (χ1) is 8.20. The van der Waals surface area contributed by atoms with Gasteiger partial charge in [0.15, 0.2) is 0 Å². The van der Waals surface area contributed by atoms with Crippen molar-refractivity contribution in [2.45, 2.75) is 13.0 Å². The molecule has 2 rings (SSSR count). The van der Waals surface area contributed by atoms with Crippen molar-refractivity contribution >= 4 is 17.5 Å². The standard InChI is InChI=1S/C12H11ClN2O2/c13-10-1-2-11-9(7-10)8-15(5-6-17-11)12(16)3-4-14/h1-2,7H,3,5-6,8H2. The Hall–Kier alpha value is -1.73. The van der Waals surface area contributed by atoms with Gasteiger partial charge in [-0.25, -0.2) is 0 Å². The maximum absolute atomic E-state index is 11.7. The van der Waals surface area contributed by atoms with Crippen molar-refractivity contribution in [2.24, 2.45) is 0 Å². The first-order valence-electron chi connectivity index (χ1n) is 5.26. The van der Waals surface area contributed by atoms with Crippen LogP contribution in [0.25, 0.3) is 0 Å². The predicted octanol–water partition coefficient (Wildman–Crippen LogP) is 1.97. The van der Waals surface area contributed by atoms with Crippen molar-refractivity contribution in [3.63, 3.8) is 0 Å². The van der Waals surface area contributed by atoms with Gasteiger partial charge in [-0.2, -0.15) is 5.26 Å². The second-order valence-corrected chi connectivity index (χ2v) is 4.19. The Morgan fingerprint density at radius 3 is 3.18 bits per heavy atom. The van der Waals surface area contributed by atoms with Gasteiger partial charge in [-0.3, -0.25) is 4.79 Å². The summed E-state index contributed by atoms with van der Waals surface area (Å²) in [6, 6.07) is 7.21. The molecule has 0 aliphatic carbocycles. The minimum Gasteiger partial charge on any atom is -0.491 e. The van der Waals surface area contributed by atoms with Crippen LogP contribution in [0.4, 0.5) is 0 Å². The predicted molar refractivity (Wildman–Crippen MR) is 62.6 cm³/mol. The van der Waals surface area contributed by atoms with Crippen molar-refractivity contribution in [2.75, 3.05) is 13.2 Å². The summed E-state index contributed by atoms with van der Waals surface area (Å²) in [7, 11) is 0. The van der Waals surface area contributed by atoms with E-state index in [-0.39, 0.29) is 12.3 Å². The molecule has 0 aromatic heterocycles. The number of carbonyl (C=O) groups is 1. The number of hydrogen-bond donors (Lipinski definition) is 0. The van der Waals surface area contributed by atoms with E-state index >= 15 is 0 Å². The Labute approximate surface area is 104 Å². The van der Waals surface area contributed by atoms with Crippen LogP contribution in [0, 0.1) is 11.3 Å². The van der Waals surface area contributed by atoms with Crippen LogP contribution in [0.2, 0.25) is 5.02 Å². The Balaban J connectivity index is 2.22. The molecule has 0 bridgehead atoms. The van der Waals surface area contributed by atoms with Crippen molar-refractivity contribution in [3.8, 4) is 11.8 Å². The van der Waals surface area contributed by atoms with Crippen LogP contribution in [-0.2, 0) is 11.3 Å². The smallest absolute Gasteiger partial charge is 0.237 e. The minimum atomic E-state index is -0.177. The van der Waals surface area contributed by atoms with Gasteiger partial charge < -0.3 is 9.64 Å². The summed E-state index contributed by atoms with van der Waals surface area (Å²) in [6.45, 7) is 1.37. The first-order valence-corrected chi connectivity index (χ1v) is 5.64. The van der Waals surface area contributed by atoms with Crippen LogP contribution in [0.1, 0.15) is 12.0 Å². The largest absolute Gasteiger partial charge is 0.491 e. The Bertz CT molecular complexity index is 482. The summed E-state index contributed by atoms with van der Waals surface area (Å²) in [5.74, 6) is 0.575. The Morgan fingerprint density at radius 1 is 1.59 bits per heavy atom. The lowest BCUT2D eigenvalue weighted by Gasteiger charge is -2.18. The fourth-order valence-corrected chi connectivity index (χ4v) is 1.95. The second-order valence-electron chi connectivity index (χ2n) is 3.75. The second kappa shape index (κ2) is 5.07. The molecule has 1 aliphatic rings. The van der Waals surface area contributed by atoms with Crippen LogP contribution in [-0.4, -0.2) is 24.0 Å². The van der Waals surface area contributed by atoms with Gasteiger partial charge in [0, 0.05) is 17.1 Å². The van der Waals surface area contributed by atoms with E-state index in [0.29, 0.717) is 24.7 Å². The van der Waals surface area contributed by atoms with Gasteiger partial charge in [0.05, 0.1) is 12.6 Å². The molecule has 0 unspecified atom stereocenters. The average molecular weight is 251 g/mol. The molecule has 0 spiro atoms. The van der Waals surface area contributed by atoms with E-state index < -0.39 is 0 Å².